The van der Waals surface area contributed by atoms with E-state index in [0.29, 0.717) is 30.7 Å². The Kier molecular flexibility index (Phi) is 12.1. The van der Waals surface area contributed by atoms with Gasteiger partial charge in [-0.15, -0.1) is 0 Å². The molecule has 3 heterocycles. The van der Waals surface area contributed by atoms with Gasteiger partial charge in [-0.05, 0) is 84.4 Å². The maximum Gasteiger partial charge on any atom is 0.407 e. The molecule has 0 spiro atoms. The summed E-state index contributed by atoms with van der Waals surface area (Å²) in [5.41, 5.74) is 6.52. The lowest BCUT2D eigenvalue weighted by Crippen LogP contribution is -2.53. The molecule has 2 aliphatic rings. The normalized spacial score (nSPS) is 16.8. The summed E-state index contributed by atoms with van der Waals surface area (Å²) >= 11 is 0. The second-order valence-electron chi connectivity index (χ2n) is 16.0. The number of hydrogen-bond acceptors (Lipinski definition) is 9. The van der Waals surface area contributed by atoms with Crippen LogP contribution in [0.15, 0.2) is 48.7 Å². The first-order chi connectivity index (χ1) is 28.4. The molecular weight excluding hydrogens is 753 g/mol. The third kappa shape index (κ3) is 8.55. The lowest BCUT2D eigenvalue weighted by molar-refractivity contribution is -0.137. The molecule has 1 aliphatic heterocycles. The van der Waals surface area contributed by atoms with Crippen LogP contribution in [0.1, 0.15) is 77.5 Å². The van der Waals surface area contributed by atoms with Gasteiger partial charge in [0.05, 0.1) is 50.2 Å². The molecule has 3 aromatic carbocycles. The summed E-state index contributed by atoms with van der Waals surface area (Å²) in [5, 5.41) is 7.21. The van der Waals surface area contributed by atoms with E-state index in [1.165, 1.54) is 14.2 Å². The van der Waals surface area contributed by atoms with Gasteiger partial charge < -0.3 is 44.6 Å². The highest BCUT2D eigenvalue weighted by molar-refractivity contribution is 6.07. The summed E-state index contributed by atoms with van der Waals surface area (Å²) in [7, 11) is 2.56. The van der Waals surface area contributed by atoms with Gasteiger partial charge in [-0.2, -0.15) is 0 Å². The highest BCUT2D eigenvalue weighted by Crippen LogP contribution is 2.42. The summed E-state index contributed by atoms with van der Waals surface area (Å²) in [6.45, 7) is 10.8. The van der Waals surface area contributed by atoms with Crippen LogP contribution >= 0.6 is 0 Å². The van der Waals surface area contributed by atoms with Gasteiger partial charge in [-0.25, -0.2) is 19.6 Å². The van der Waals surface area contributed by atoms with Gasteiger partial charge >= 0.3 is 12.2 Å². The summed E-state index contributed by atoms with van der Waals surface area (Å²) in [6, 6.07) is 13.7. The van der Waals surface area contributed by atoms with Gasteiger partial charge in [-0.1, -0.05) is 52.3 Å². The third-order valence-corrected chi connectivity index (χ3v) is 11.9. The van der Waals surface area contributed by atoms with Crippen LogP contribution in [0.5, 0.6) is 5.75 Å². The number of imidazole rings is 2. The number of alkyl carbamates (subject to hydrolysis) is 2. The zero-order valence-corrected chi connectivity index (χ0v) is 34.8. The minimum atomic E-state index is -0.747. The molecule has 5 aromatic rings. The average molecular weight is 807 g/mol. The minimum Gasteiger partial charge on any atom is -0.488 e. The molecular formula is C44H54N8O7. The summed E-state index contributed by atoms with van der Waals surface area (Å²) in [4.78, 5) is 71.1. The fourth-order valence-electron chi connectivity index (χ4n) is 8.35. The maximum atomic E-state index is 13.9. The van der Waals surface area contributed by atoms with E-state index in [-0.39, 0.29) is 42.9 Å². The second kappa shape index (κ2) is 17.4. The van der Waals surface area contributed by atoms with Crippen LogP contribution < -0.4 is 15.4 Å². The molecule has 4 N–H and O–H groups in total. The molecule has 4 amide bonds. The zero-order valence-electron chi connectivity index (χ0n) is 34.8. The maximum absolute atomic E-state index is 13.9. The van der Waals surface area contributed by atoms with Gasteiger partial charge in [0.2, 0.25) is 11.8 Å². The Balaban J connectivity index is 1.12. The van der Waals surface area contributed by atoms with Crippen molar-refractivity contribution >= 4 is 45.8 Å². The number of benzene rings is 3. The lowest BCUT2D eigenvalue weighted by Gasteiger charge is -2.33. The molecule has 0 radical (unpaired) electrons. The zero-order chi connectivity index (χ0) is 42.0. The highest BCUT2D eigenvalue weighted by atomic mass is 16.5. The van der Waals surface area contributed by atoms with E-state index in [4.69, 9.17) is 14.5 Å². The fourth-order valence-corrected chi connectivity index (χ4v) is 8.35. The number of aromatic amines is 2. The molecule has 1 fully saturated rings. The largest absolute Gasteiger partial charge is 0.488 e. The predicted octanol–water partition coefficient (Wildman–Crippen LogP) is 7.05. The van der Waals surface area contributed by atoms with Gasteiger partial charge in [0, 0.05) is 23.0 Å². The van der Waals surface area contributed by atoms with Crippen LogP contribution in [0.2, 0.25) is 0 Å². The van der Waals surface area contributed by atoms with Crippen LogP contribution in [0.25, 0.3) is 44.2 Å². The van der Waals surface area contributed by atoms with Crippen LogP contribution in [-0.4, -0.2) is 92.6 Å². The second-order valence-corrected chi connectivity index (χ2v) is 16.0. The van der Waals surface area contributed by atoms with Crippen LogP contribution in [0.4, 0.5) is 9.59 Å². The van der Waals surface area contributed by atoms with Crippen LogP contribution in [0.3, 0.4) is 0 Å². The first-order valence-electron chi connectivity index (χ1n) is 20.4. The van der Waals surface area contributed by atoms with Gasteiger partial charge in [0.25, 0.3) is 0 Å². The van der Waals surface area contributed by atoms with E-state index >= 15 is 0 Å². The third-order valence-electron chi connectivity index (χ3n) is 11.9. The molecule has 0 bridgehead atoms. The van der Waals surface area contributed by atoms with E-state index in [0.717, 1.165) is 81.2 Å². The number of nitrogens with one attached hydrogen (secondary N) is 4. The number of amides is 4. The van der Waals surface area contributed by atoms with E-state index in [9.17, 15) is 19.2 Å². The molecule has 0 saturated heterocycles. The molecule has 15 heteroatoms. The van der Waals surface area contributed by atoms with E-state index in [1.54, 1.807) is 11.1 Å². The SMILES string of the molecule is CC[C@H](C)N(Cc1nc2ccc3cc4c(cc3c2[nH]1)OCc1cc(-c2cnc(CN(C(=O)CNC(=O)OC)[C@H]3CCC[C@H]3C)[nH]2)ccc1-4)C(=O)C(NC(=O)OC)C(C)C. The number of H-pyrrole nitrogens is 2. The number of methoxy groups -OCH3 is 2. The monoisotopic (exact) mass is 806 g/mol. The number of fused-ring (bicyclic) bond motifs is 6. The van der Waals surface area contributed by atoms with Crippen molar-refractivity contribution in [3.8, 4) is 28.1 Å². The first-order valence-corrected chi connectivity index (χ1v) is 20.4. The van der Waals surface area contributed by atoms with Crippen molar-refractivity contribution in [1.29, 1.82) is 0 Å². The average Bonchev–Trinajstić information content (AvgIpc) is 4.01. The Hall–Kier alpha value is -6.12. The predicted molar refractivity (Wildman–Crippen MR) is 223 cm³/mol. The Bertz CT molecular complexity index is 2370. The van der Waals surface area contributed by atoms with Crippen molar-refractivity contribution in [2.24, 2.45) is 11.8 Å². The summed E-state index contributed by atoms with van der Waals surface area (Å²) < 4.78 is 15.9. The topological polar surface area (TPSA) is 184 Å². The molecule has 59 heavy (non-hydrogen) atoms. The number of hydrogen-bond donors (Lipinski definition) is 4. The molecule has 312 valence electrons. The molecule has 1 unspecified atom stereocenters. The molecule has 1 aliphatic carbocycles. The van der Waals surface area contributed by atoms with Crippen molar-refractivity contribution in [3.63, 3.8) is 0 Å². The van der Waals surface area contributed by atoms with Gasteiger partial charge in [0.1, 0.15) is 36.6 Å². The molecule has 4 atom stereocenters. The van der Waals surface area contributed by atoms with Crippen molar-refractivity contribution in [2.45, 2.75) is 98.1 Å². The van der Waals surface area contributed by atoms with Gasteiger partial charge in [0.15, 0.2) is 0 Å². The number of carbonyl (C=O) groups excluding carboxylic acids is 4. The minimum absolute atomic E-state index is 0.0652. The lowest BCUT2D eigenvalue weighted by atomic mass is 9.92. The smallest absolute Gasteiger partial charge is 0.407 e. The molecule has 15 nitrogen and oxygen atoms in total. The Labute approximate surface area is 343 Å². The van der Waals surface area contributed by atoms with E-state index < -0.39 is 18.2 Å². The van der Waals surface area contributed by atoms with Crippen molar-refractivity contribution < 1.29 is 33.4 Å². The molecule has 7 rings (SSSR count). The van der Waals surface area contributed by atoms with E-state index in [1.807, 2.05) is 38.7 Å². The van der Waals surface area contributed by atoms with Gasteiger partial charge in [-0.3, -0.25) is 9.59 Å². The number of aromatic nitrogens is 4. The van der Waals surface area contributed by atoms with Crippen LogP contribution in [-0.2, 0) is 38.8 Å². The van der Waals surface area contributed by atoms with Crippen molar-refractivity contribution in [3.05, 3.63) is 65.9 Å². The Morgan fingerprint density at radius 1 is 0.949 bits per heavy atom. The Morgan fingerprint density at radius 3 is 2.46 bits per heavy atom. The highest BCUT2D eigenvalue weighted by Gasteiger charge is 2.34. The summed E-state index contributed by atoms with van der Waals surface area (Å²) in [6.07, 6.45) is 4.24. The Morgan fingerprint density at radius 2 is 1.75 bits per heavy atom. The number of rotatable bonds is 13. The number of nitrogens with zero attached hydrogens (tertiary/aromatic N) is 4. The standard InChI is InChI=1S/C44H54N8O7/c1-8-26(5)51(42(54)40(24(2)3)50-44(56)58-7)22-38-47-33-15-13-27-17-32-30-14-12-28(16-29(30)23-59-36(32)18-31(27)41(33)49-38)34-19-45-37(48-34)21-52(35-11-9-10-25(35)4)39(53)20-46-43(55)57-6/h12-19,24-26,35,40H,8-11,20-23H2,1-7H3,(H,45,48)(H,46,55)(H,47,49)(H,50,56)/t25-,26+,35+,40?/m1/s1. The van der Waals surface area contributed by atoms with Crippen molar-refractivity contribution in [2.75, 3.05) is 20.8 Å². The number of carbonyl (C=O) groups is 4. The quantitative estimate of drug-likeness (QED) is 0.0969. The summed E-state index contributed by atoms with van der Waals surface area (Å²) in [5.74, 6) is 1.90. The van der Waals surface area contributed by atoms with Crippen LogP contribution in [0, 0.1) is 11.8 Å². The number of ether oxygens (including phenoxy) is 3. The van der Waals surface area contributed by atoms with E-state index in [2.05, 4.69) is 73.6 Å². The fraction of sp³-hybridized carbons (Fsp3) is 0.455. The molecule has 1 saturated carbocycles. The first kappa shape index (κ1) is 41.1. The molecule has 2 aromatic heterocycles. The van der Waals surface area contributed by atoms with Crippen molar-refractivity contribution in [1.82, 2.24) is 40.4 Å².